The average Bonchev–Trinajstić information content (AvgIpc) is 2.42. The van der Waals surface area contributed by atoms with Gasteiger partial charge in [0.2, 0.25) is 0 Å². The number of nitrogens with two attached hydrogens (primary N) is 1. The lowest BCUT2D eigenvalue weighted by atomic mass is 10.1. The van der Waals surface area contributed by atoms with Gasteiger partial charge in [0.25, 0.3) is 0 Å². The molecule has 0 saturated heterocycles. The fourth-order valence-corrected chi connectivity index (χ4v) is 2.26. The van der Waals surface area contributed by atoms with E-state index >= 15 is 0 Å². The number of anilines is 1. The first kappa shape index (κ1) is 11.9. The molecule has 19 heavy (non-hydrogen) atoms. The van der Waals surface area contributed by atoms with E-state index < -0.39 is 0 Å². The smallest absolute Gasteiger partial charge is 0.135 e. The van der Waals surface area contributed by atoms with Crippen LogP contribution in [0.2, 0.25) is 5.02 Å². The molecule has 3 rings (SSSR count). The number of hydrogen-bond donors (Lipinski definition) is 1. The molecule has 0 saturated carbocycles. The highest BCUT2D eigenvalue weighted by atomic mass is 35.5. The van der Waals surface area contributed by atoms with Crippen LogP contribution in [0.25, 0.3) is 10.8 Å². The summed E-state index contributed by atoms with van der Waals surface area (Å²) < 4.78 is 5.89. The van der Waals surface area contributed by atoms with E-state index in [0.717, 1.165) is 21.5 Å². The van der Waals surface area contributed by atoms with Crippen molar-refractivity contribution in [1.29, 1.82) is 0 Å². The normalized spacial score (nSPS) is 10.6. The molecule has 0 amide bonds. The maximum atomic E-state index is 6.18. The standard InChI is InChI=1S/C16H12ClNO/c17-15-8-9-16(14-7-2-1-6-13(14)15)19-12-5-3-4-11(18)10-12/h1-10H,18H2. The molecule has 0 aromatic heterocycles. The molecule has 0 aliphatic carbocycles. The lowest BCUT2D eigenvalue weighted by molar-refractivity contribution is 0.488. The minimum absolute atomic E-state index is 0.677. The van der Waals surface area contributed by atoms with Gasteiger partial charge in [0.1, 0.15) is 11.5 Å². The van der Waals surface area contributed by atoms with Crippen LogP contribution in [0.5, 0.6) is 11.5 Å². The first-order valence-electron chi connectivity index (χ1n) is 5.95. The van der Waals surface area contributed by atoms with Gasteiger partial charge < -0.3 is 10.5 Å². The molecule has 2 nitrogen and oxygen atoms in total. The summed E-state index contributed by atoms with van der Waals surface area (Å²) in [6.07, 6.45) is 0. The van der Waals surface area contributed by atoms with Gasteiger partial charge in [-0.3, -0.25) is 0 Å². The Balaban J connectivity index is 2.09. The summed E-state index contributed by atoms with van der Waals surface area (Å²) >= 11 is 6.18. The van der Waals surface area contributed by atoms with Crippen molar-refractivity contribution in [3.05, 3.63) is 65.7 Å². The van der Waals surface area contributed by atoms with Crippen LogP contribution in [0.4, 0.5) is 5.69 Å². The summed E-state index contributed by atoms with van der Waals surface area (Å²) in [5, 5.41) is 2.68. The Hall–Kier alpha value is -2.19. The van der Waals surface area contributed by atoms with Crippen molar-refractivity contribution in [2.45, 2.75) is 0 Å². The second kappa shape index (κ2) is 4.82. The van der Waals surface area contributed by atoms with E-state index in [-0.39, 0.29) is 0 Å². The van der Waals surface area contributed by atoms with Gasteiger partial charge in [-0.25, -0.2) is 0 Å². The van der Waals surface area contributed by atoms with E-state index in [0.29, 0.717) is 11.4 Å². The van der Waals surface area contributed by atoms with E-state index in [9.17, 15) is 0 Å². The zero-order valence-electron chi connectivity index (χ0n) is 10.1. The number of ether oxygens (including phenoxy) is 1. The molecule has 0 aliphatic heterocycles. The van der Waals surface area contributed by atoms with Gasteiger partial charge in [-0.05, 0) is 24.3 Å². The molecule has 3 heteroatoms. The third-order valence-electron chi connectivity index (χ3n) is 2.92. The zero-order valence-corrected chi connectivity index (χ0v) is 10.9. The summed E-state index contributed by atoms with van der Waals surface area (Å²) in [6.45, 7) is 0. The predicted octanol–water partition coefficient (Wildman–Crippen LogP) is 4.87. The Morgan fingerprint density at radius 2 is 1.63 bits per heavy atom. The topological polar surface area (TPSA) is 35.2 Å². The van der Waals surface area contributed by atoms with Crippen LogP contribution in [0.15, 0.2) is 60.7 Å². The molecular weight excluding hydrogens is 258 g/mol. The van der Waals surface area contributed by atoms with Crippen LogP contribution in [-0.4, -0.2) is 0 Å². The number of benzene rings is 3. The highest BCUT2D eigenvalue weighted by molar-refractivity contribution is 6.35. The molecular formula is C16H12ClNO. The predicted molar refractivity (Wildman–Crippen MR) is 79.9 cm³/mol. The van der Waals surface area contributed by atoms with Gasteiger partial charge in [0, 0.05) is 27.5 Å². The van der Waals surface area contributed by atoms with Crippen molar-refractivity contribution >= 4 is 28.1 Å². The van der Waals surface area contributed by atoms with E-state index in [4.69, 9.17) is 22.1 Å². The highest BCUT2D eigenvalue weighted by Gasteiger charge is 2.06. The quantitative estimate of drug-likeness (QED) is 0.674. The van der Waals surface area contributed by atoms with Gasteiger partial charge in [-0.15, -0.1) is 0 Å². The fourth-order valence-electron chi connectivity index (χ4n) is 2.03. The minimum Gasteiger partial charge on any atom is -0.457 e. The molecule has 0 unspecified atom stereocenters. The summed E-state index contributed by atoms with van der Waals surface area (Å²) in [5.41, 5.74) is 6.42. The van der Waals surface area contributed by atoms with Crippen molar-refractivity contribution in [2.75, 3.05) is 5.73 Å². The van der Waals surface area contributed by atoms with Crippen LogP contribution in [0, 0.1) is 0 Å². The largest absolute Gasteiger partial charge is 0.457 e. The summed E-state index contributed by atoms with van der Waals surface area (Å²) in [4.78, 5) is 0. The van der Waals surface area contributed by atoms with Crippen molar-refractivity contribution in [2.24, 2.45) is 0 Å². The third kappa shape index (κ3) is 2.35. The van der Waals surface area contributed by atoms with E-state index in [1.165, 1.54) is 0 Å². The lowest BCUT2D eigenvalue weighted by Gasteiger charge is -2.10. The Morgan fingerprint density at radius 1 is 0.842 bits per heavy atom. The van der Waals surface area contributed by atoms with Crippen LogP contribution >= 0.6 is 11.6 Å². The van der Waals surface area contributed by atoms with Gasteiger partial charge >= 0.3 is 0 Å². The first-order valence-corrected chi connectivity index (χ1v) is 6.32. The molecule has 0 aliphatic rings. The molecule has 0 heterocycles. The Bertz CT molecular complexity index is 740. The molecule has 0 radical (unpaired) electrons. The summed E-state index contributed by atoms with van der Waals surface area (Å²) in [7, 11) is 0. The Labute approximate surface area is 116 Å². The van der Waals surface area contributed by atoms with Crippen LogP contribution in [0.3, 0.4) is 0 Å². The Kier molecular flexibility index (Phi) is 3.02. The van der Waals surface area contributed by atoms with Crippen LogP contribution < -0.4 is 10.5 Å². The summed E-state index contributed by atoms with van der Waals surface area (Å²) in [6, 6.07) is 19.0. The lowest BCUT2D eigenvalue weighted by Crippen LogP contribution is -1.89. The van der Waals surface area contributed by atoms with Crippen molar-refractivity contribution in [3.63, 3.8) is 0 Å². The molecule has 94 valence electrons. The maximum Gasteiger partial charge on any atom is 0.135 e. The van der Waals surface area contributed by atoms with Crippen molar-refractivity contribution < 1.29 is 4.74 Å². The molecule has 0 spiro atoms. The first-order chi connectivity index (χ1) is 9.24. The number of rotatable bonds is 2. The van der Waals surface area contributed by atoms with Crippen LogP contribution in [-0.2, 0) is 0 Å². The minimum atomic E-state index is 0.677. The zero-order chi connectivity index (χ0) is 13.2. The van der Waals surface area contributed by atoms with E-state index in [1.54, 1.807) is 6.07 Å². The SMILES string of the molecule is Nc1cccc(Oc2ccc(Cl)c3ccccc23)c1. The number of halogens is 1. The fraction of sp³-hybridized carbons (Fsp3) is 0. The number of nitrogen functional groups attached to an aromatic ring is 1. The van der Waals surface area contributed by atoms with Gasteiger partial charge in [0.05, 0.1) is 0 Å². The number of fused-ring (bicyclic) bond motifs is 1. The van der Waals surface area contributed by atoms with Crippen molar-refractivity contribution in [3.8, 4) is 11.5 Å². The van der Waals surface area contributed by atoms with Gasteiger partial charge in [-0.1, -0.05) is 41.9 Å². The monoisotopic (exact) mass is 269 g/mol. The van der Waals surface area contributed by atoms with Crippen molar-refractivity contribution in [1.82, 2.24) is 0 Å². The summed E-state index contributed by atoms with van der Waals surface area (Å²) in [5.74, 6) is 1.48. The maximum absolute atomic E-state index is 6.18. The second-order valence-corrected chi connectivity index (χ2v) is 4.67. The molecule has 2 N–H and O–H groups in total. The second-order valence-electron chi connectivity index (χ2n) is 4.27. The number of hydrogen-bond acceptors (Lipinski definition) is 2. The van der Waals surface area contributed by atoms with E-state index in [2.05, 4.69) is 0 Å². The molecule has 0 bridgehead atoms. The van der Waals surface area contributed by atoms with Gasteiger partial charge in [0.15, 0.2) is 0 Å². The van der Waals surface area contributed by atoms with E-state index in [1.807, 2.05) is 54.6 Å². The molecule has 0 fully saturated rings. The Morgan fingerprint density at radius 3 is 2.42 bits per heavy atom. The van der Waals surface area contributed by atoms with Gasteiger partial charge in [-0.2, -0.15) is 0 Å². The average molecular weight is 270 g/mol. The highest BCUT2D eigenvalue weighted by Crippen LogP contribution is 2.34. The van der Waals surface area contributed by atoms with Crippen LogP contribution in [0.1, 0.15) is 0 Å². The third-order valence-corrected chi connectivity index (χ3v) is 3.25. The molecule has 3 aromatic carbocycles. The molecule has 0 atom stereocenters. The molecule has 3 aromatic rings.